The zero-order valence-corrected chi connectivity index (χ0v) is 14.6. The average molecular weight is 288 g/mol. The molecule has 0 fully saturated rings. The van der Waals surface area contributed by atoms with Gasteiger partial charge in [0.05, 0.1) is 6.61 Å². The molecule has 0 N–H and O–H groups in total. The van der Waals surface area contributed by atoms with E-state index < -0.39 is 0 Å². The fourth-order valence-electron chi connectivity index (χ4n) is 1.83. The fourth-order valence-corrected chi connectivity index (χ4v) is 1.83. The Morgan fingerprint density at radius 3 is 2.14 bits per heavy atom. The van der Waals surface area contributed by atoms with Crippen molar-refractivity contribution in [3.8, 4) is 0 Å². The predicted octanol–water partition coefficient (Wildman–Crippen LogP) is 3.81. The molecule has 0 bridgehead atoms. The van der Waals surface area contributed by atoms with Gasteiger partial charge in [0.1, 0.15) is 7.85 Å². The van der Waals surface area contributed by atoms with Crippen LogP contribution in [0.2, 0.25) is 0 Å². The van der Waals surface area contributed by atoms with Crippen LogP contribution in [0, 0.1) is 10.8 Å². The molecular formula is C18H29BO2. The summed E-state index contributed by atoms with van der Waals surface area (Å²) in [6.07, 6.45) is 12.8. The molecule has 0 spiro atoms. The van der Waals surface area contributed by atoms with E-state index >= 15 is 0 Å². The summed E-state index contributed by atoms with van der Waals surface area (Å²) in [4.78, 5) is 10.3. The van der Waals surface area contributed by atoms with Crippen LogP contribution in [-0.2, 0) is 9.53 Å². The lowest BCUT2D eigenvalue weighted by Gasteiger charge is -2.25. The third kappa shape index (κ3) is 7.74. The van der Waals surface area contributed by atoms with Gasteiger partial charge in [-0.2, -0.15) is 0 Å². The van der Waals surface area contributed by atoms with Crippen LogP contribution in [0.1, 0.15) is 41.5 Å². The van der Waals surface area contributed by atoms with Gasteiger partial charge in [0.15, 0.2) is 0 Å². The molecule has 0 saturated carbocycles. The minimum Gasteiger partial charge on any atom is -0.467 e. The topological polar surface area (TPSA) is 26.3 Å². The first-order chi connectivity index (χ1) is 9.68. The van der Waals surface area contributed by atoms with Crippen molar-refractivity contribution in [2.24, 2.45) is 10.8 Å². The van der Waals surface area contributed by atoms with Crippen LogP contribution in [-0.4, -0.2) is 20.9 Å². The second-order valence-corrected chi connectivity index (χ2v) is 6.56. The van der Waals surface area contributed by atoms with Gasteiger partial charge in [-0.05, 0) is 19.4 Å². The summed E-state index contributed by atoms with van der Waals surface area (Å²) in [5.41, 5.74) is 2.26. The van der Waals surface area contributed by atoms with E-state index in [1.165, 1.54) is 11.0 Å². The van der Waals surface area contributed by atoms with E-state index in [-0.39, 0.29) is 10.8 Å². The highest BCUT2D eigenvalue weighted by Crippen LogP contribution is 2.31. The van der Waals surface area contributed by atoms with Gasteiger partial charge >= 0.3 is 0 Å². The molecule has 0 aliphatic rings. The zero-order chi connectivity index (χ0) is 16.5. The SMILES string of the molecule is BC(/C=C\C(=C/C)C(C)(C)/C=C/C(C)(C)COC=O)=C/C. The van der Waals surface area contributed by atoms with Gasteiger partial charge in [0, 0.05) is 10.8 Å². The molecule has 0 aliphatic carbocycles. The summed E-state index contributed by atoms with van der Waals surface area (Å²) < 4.78 is 4.88. The Balaban J connectivity index is 5.09. The first kappa shape index (κ1) is 19.5. The van der Waals surface area contributed by atoms with E-state index in [0.29, 0.717) is 13.1 Å². The maximum Gasteiger partial charge on any atom is 0.293 e. The molecule has 0 radical (unpaired) electrons. The molecule has 0 saturated heterocycles. The summed E-state index contributed by atoms with van der Waals surface area (Å²) in [6.45, 7) is 13.5. The Kier molecular flexibility index (Phi) is 8.08. The van der Waals surface area contributed by atoms with E-state index in [0.717, 1.165) is 0 Å². The molecule has 0 unspecified atom stereocenters. The molecule has 0 aromatic carbocycles. The Labute approximate surface area is 131 Å². The van der Waals surface area contributed by atoms with Gasteiger partial charge in [-0.25, -0.2) is 0 Å². The first-order valence-electron chi connectivity index (χ1n) is 7.42. The van der Waals surface area contributed by atoms with E-state index in [4.69, 9.17) is 4.74 Å². The van der Waals surface area contributed by atoms with Gasteiger partial charge in [-0.15, -0.1) is 0 Å². The average Bonchev–Trinajstić information content (AvgIpc) is 2.43. The Bertz CT molecular complexity index is 452. The second-order valence-electron chi connectivity index (χ2n) is 6.56. The second kappa shape index (κ2) is 8.71. The minimum atomic E-state index is -0.167. The van der Waals surface area contributed by atoms with Gasteiger partial charge in [-0.3, -0.25) is 4.79 Å². The molecule has 0 aromatic rings. The van der Waals surface area contributed by atoms with Crippen LogP contribution in [0.5, 0.6) is 0 Å². The number of carbonyl (C=O) groups excluding carboxylic acids is 1. The number of ether oxygens (including phenoxy) is 1. The van der Waals surface area contributed by atoms with Crippen LogP contribution >= 0.6 is 0 Å². The van der Waals surface area contributed by atoms with Crippen molar-refractivity contribution < 1.29 is 9.53 Å². The molecule has 0 atom stereocenters. The zero-order valence-electron chi connectivity index (χ0n) is 14.6. The van der Waals surface area contributed by atoms with Crippen LogP contribution in [0.4, 0.5) is 0 Å². The fraction of sp³-hybridized carbons (Fsp3) is 0.500. The monoisotopic (exact) mass is 288 g/mol. The van der Waals surface area contributed by atoms with Crippen LogP contribution in [0.3, 0.4) is 0 Å². The molecule has 0 heterocycles. The maximum atomic E-state index is 10.3. The molecule has 2 nitrogen and oxygen atoms in total. The molecule has 116 valence electrons. The molecule has 0 aromatic heterocycles. The number of hydrogen-bond donors (Lipinski definition) is 0. The van der Waals surface area contributed by atoms with Crippen LogP contribution in [0.15, 0.2) is 47.5 Å². The van der Waals surface area contributed by atoms with Crippen molar-refractivity contribution in [2.45, 2.75) is 41.5 Å². The minimum absolute atomic E-state index is 0.0717. The van der Waals surface area contributed by atoms with Crippen molar-refractivity contribution in [3.63, 3.8) is 0 Å². The summed E-state index contributed by atoms with van der Waals surface area (Å²) in [5, 5.41) is 0. The van der Waals surface area contributed by atoms with Gasteiger partial charge in [0.2, 0.25) is 0 Å². The summed E-state index contributed by atoms with van der Waals surface area (Å²) in [7, 11) is 2.09. The first-order valence-corrected chi connectivity index (χ1v) is 7.42. The molecule has 21 heavy (non-hydrogen) atoms. The van der Waals surface area contributed by atoms with Crippen molar-refractivity contribution in [2.75, 3.05) is 6.61 Å². The highest BCUT2D eigenvalue weighted by Gasteiger charge is 2.21. The lowest BCUT2D eigenvalue weighted by molar-refractivity contribution is -0.130. The van der Waals surface area contributed by atoms with Crippen molar-refractivity contribution in [1.29, 1.82) is 0 Å². The van der Waals surface area contributed by atoms with Crippen LogP contribution < -0.4 is 0 Å². The maximum absolute atomic E-state index is 10.3. The number of carbonyl (C=O) groups is 1. The smallest absolute Gasteiger partial charge is 0.293 e. The normalized spacial score (nSPS) is 15.0. The van der Waals surface area contributed by atoms with Crippen LogP contribution in [0.25, 0.3) is 0 Å². The Hall–Kier alpha value is -1.51. The standard InChI is InChI=1S/C18H29BO2/c1-7-15(9-10-16(19)8-2)18(5,6)12-11-17(3,4)13-21-14-20/h7-12,14H,13,19H2,1-6H3/b10-9-,12-11+,15-7+,16-8+. The number of hydrogen-bond acceptors (Lipinski definition) is 2. The molecular weight excluding hydrogens is 259 g/mol. The number of rotatable bonds is 8. The molecule has 0 aliphatic heterocycles. The quantitative estimate of drug-likeness (QED) is 0.294. The van der Waals surface area contributed by atoms with Crippen molar-refractivity contribution in [1.82, 2.24) is 0 Å². The Morgan fingerprint density at radius 2 is 1.67 bits per heavy atom. The third-order valence-electron chi connectivity index (χ3n) is 3.51. The van der Waals surface area contributed by atoms with Gasteiger partial charge in [-0.1, -0.05) is 69.6 Å². The predicted molar refractivity (Wildman–Crippen MR) is 93.9 cm³/mol. The lowest BCUT2D eigenvalue weighted by atomic mass is 9.80. The number of allylic oxidation sites excluding steroid dienone is 7. The van der Waals surface area contributed by atoms with E-state index in [9.17, 15) is 4.79 Å². The largest absolute Gasteiger partial charge is 0.467 e. The summed E-state index contributed by atoms with van der Waals surface area (Å²) in [6, 6.07) is 0. The molecule has 0 rings (SSSR count). The lowest BCUT2D eigenvalue weighted by Crippen LogP contribution is -2.18. The van der Waals surface area contributed by atoms with Crippen molar-refractivity contribution in [3.05, 3.63) is 47.5 Å². The van der Waals surface area contributed by atoms with E-state index in [2.05, 4.69) is 78.9 Å². The van der Waals surface area contributed by atoms with E-state index in [1.54, 1.807) is 0 Å². The Morgan fingerprint density at radius 1 is 1.05 bits per heavy atom. The highest BCUT2D eigenvalue weighted by molar-refractivity contribution is 6.23. The van der Waals surface area contributed by atoms with Crippen molar-refractivity contribution >= 4 is 14.3 Å². The van der Waals surface area contributed by atoms with E-state index in [1.807, 2.05) is 6.92 Å². The van der Waals surface area contributed by atoms with Gasteiger partial charge < -0.3 is 4.74 Å². The third-order valence-corrected chi connectivity index (χ3v) is 3.51. The summed E-state index contributed by atoms with van der Waals surface area (Å²) in [5.74, 6) is 0. The highest BCUT2D eigenvalue weighted by atomic mass is 16.5. The molecule has 3 heteroatoms. The summed E-state index contributed by atoms with van der Waals surface area (Å²) >= 11 is 0. The molecule has 0 amide bonds. The van der Waals surface area contributed by atoms with Gasteiger partial charge in [0.25, 0.3) is 6.47 Å².